The molecule has 0 amide bonds. The number of hydrogen-bond donors (Lipinski definition) is 1. The van der Waals surface area contributed by atoms with E-state index in [1.54, 1.807) is 6.92 Å². The largest absolute Gasteiger partial charge is 0.461 e. The predicted molar refractivity (Wildman–Crippen MR) is 161 cm³/mol. The van der Waals surface area contributed by atoms with Crippen LogP contribution in [0, 0.1) is 0 Å². The topological polar surface area (TPSA) is 72.8 Å². The fraction of sp³-hybridized carbons (Fsp3) is 0.281. The molecule has 0 radical (unpaired) electrons. The maximum atomic E-state index is 12.9. The van der Waals surface area contributed by atoms with E-state index in [-0.39, 0.29) is 23.8 Å². The lowest BCUT2D eigenvalue weighted by Crippen LogP contribution is -2.38. The lowest BCUT2D eigenvalue weighted by Gasteiger charge is -2.36. The molecule has 1 N–H and O–H groups in total. The number of nitrogens with one attached hydrogen (secondary N) is 1. The van der Waals surface area contributed by atoms with Crippen LogP contribution in [-0.2, 0) is 19.9 Å². The van der Waals surface area contributed by atoms with Crippen molar-refractivity contribution in [3.8, 4) is 0 Å². The second-order valence-electron chi connectivity index (χ2n) is 9.65. The van der Waals surface area contributed by atoms with Crippen molar-refractivity contribution in [3.63, 3.8) is 0 Å². The van der Waals surface area contributed by atoms with Gasteiger partial charge in [0.25, 0.3) is 0 Å². The zero-order chi connectivity index (χ0) is 27.8. The van der Waals surface area contributed by atoms with Gasteiger partial charge in [-0.25, -0.2) is 9.78 Å². The molecule has 1 saturated carbocycles. The van der Waals surface area contributed by atoms with E-state index in [0.717, 1.165) is 42.4 Å². The highest BCUT2D eigenvalue weighted by molar-refractivity contribution is 7.14. The number of aromatic nitrogens is 1. The zero-order valence-corrected chi connectivity index (χ0v) is 23.9. The van der Waals surface area contributed by atoms with Gasteiger partial charge in [-0.15, -0.1) is 22.9 Å². The number of nitrogens with zero attached hydrogens (tertiary/aromatic N) is 2. The van der Waals surface area contributed by atoms with Crippen molar-refractivity contribution < 1.29 is 14.4 Å². The molecule has 0 spiro atoms. The van der Waals surface area contributed by atoms with Crippen molar-refractivity contribution in [1.29, 1.82) is 0 Å². The molecule has 6 nitrogen and oxygen atoms in total. The molecule has 0 atom stereocenters. The lowest BCUT2D eigenvalue weighted by atomic mass is 9.77. The first kappa shape index (κ1) is 27.9. The number of benzene rings is 3. The third-order valence-corrected chi connectivity index (χ3v) is 8.22. The summed E-state index contributed by atoms with van der Waals surface area (Å²) in [6, 6.07) is 30.9. The summed E-state index contributed by atoms with van der Waals surface area (Å²) in [5, 5.41) is 10.6. The molecule has 1 aromatic heterocycles. The van der Waals surface area contributed by atoms with Gasteiger partial charge in [0.05, 0.1) is 6.61 Å². The average Bonchev–Trinajstić information content (AvgIpc) is 3.46. The summed E-state index contributed by atoms with van der Waals surface area (Å²) < 4.78 is 5.31. The van der Waals surface area contributed by atoms with Crippen LogP contribution in [0.5, 0.6) is 0 Å². The number of oxime groups is 1. The number of anilines is 1. The van der Waals surface area contributed by atoms with E-state index >= 15 is 0 Å². The Balaban J connectivity index is 1.53. The number of halogens is 1. The Morgan fingerprint density at radius 3 is 1.95 bits per heavy atom. The molecule has 1 aliphatic rings. The van der Waals surface area contributed by atoms with Crippen LogP contribution >= 0.6 is 22.9 Å². The predicted octanol–water partition coefficient (Wildman–Crippen LogP) is 7.38. The lowest BCUT2D eigenvalue weighted by molar-refractivity contribution is -0.135. The SMILES string of the molecule is CCOC(=O)C(=NOC1CCC(Cl)CC1)c1csc(NC(c2ccccc2)(c2ccccc2)c2ccccc2)n1. The van der Waals surface area contributed by atoms with Crippen molar-refractivity contribution in [2.24, 2.45) is 5.16 Å². The molecule has 8 heteroatoms. The van der Waals surface area contributed by atoms with Crippen LogP contribution in [0.15, 0.2) is 102 Å². The third-order valence-electron chi connectivity index (χ3n) is 7.03. The third kappa shape index (κ3) is 6.21. The summed E-state index contributed by atoms with van der Waals surface area (Å²) in [4.78, 5) is 23.5. The van der Waals surface area contributed by atoms with Gasteiger partial charge in [0.2, 0.25) is 5.71 Å². The molecule has 1 aliphatic carbocycles. The smallest absolute Gasteiger partial charge is 0.362 e. The molecule has 0 aliphatic heterocycles. The first-order valence-electron chi connectivity index (χ1n) is 13.6. The first-order chi connectivity index (χ1) is 19.6. The van der Waals surface area contributed by atoms with E-state index < -0.39 is 11.5 Å². The van der Waals surface area contributed by atoms with Crippen molar-refractivity contribution >= 4 is 39.8 Å². The normalized spacial score (nSPS) is 17.7. The summed E-state index contributed by atoms with van der Waals surface area (Å²) in [6.07, 6.45) is 3.23. The fourth-order valence-electron chi connectivity index (χ4n) is 5.02. The van der Waals surface area contributed by atoms with Gasteiger partial charge in [0, 0.05) is 10.8 Å². The quantitative estimate of drug-likeness (QED) is 0.0704. The van der Waals surface area contributed by atoms with Gasteiger partial charge in [-0.1, -0.05) is 96.2 Å². The van der Waals surface area contributed by atoms with Crippen LogP contribution < -0.4 is 5.32 Å². The van der Waals surface area contributed by atoms with Crippen molar-refractivity contribution in [1.82, 2.24) is 4.98 Å². The number of thiazole rings is 1. The minimum Gasteiger partial charge on any atom is -0.461 e. The van der Waals surface area contributed by atoms with Crippen molar-refractivity contribution in [2.75, 3.05) is 11.9 Å². The zero-order valence-electron chi connectivity index (χ0n) is 22.3. The Hall–Kier alpha value is -3.68. The molecule has 40 heavy (non-hydrogen) atoms. The molecular weight excluding hydrogens is 542 g/mol. The molecule has 206 valence electrons. The van der Waals surface area contributed by atoms with Crippen LogP contribution in [0.4, 0.5) is 5.13 Å². The van der Waals surface area contributed by atoms with Crippen LogP contribution in [0.25, 0.3) is 0 Å². The summed E-state index contributed by atoms with van der Waals surface area (Å²) in [5.74, 6) is -0.564. The van der Waals surface area contributed by atoms with Gasteiger partial charge in [-0.2, -0.15) is 0 Å². The van der Waals surface area contributed by atoms with Crippen LogP contribution in [-0.4, -0.2) is 34.8 Å². The Morgan fingerprint density at radius 2 is 1.45 bits per heavy atom. The maximum absolute atomic E-state index is 12.9. The van der Waals surface area contributed by atoms with Gasteiger partial charge in [-0.3, -0.25) is 0 Å². The highest BCUT2D eigenvalue weighted by Crippen LogP contribution is 2.40. The van der Waals surface area contributed by atoms with Gasteiger partial charge in [-0.05, 0) is 49.3 Å². The summed E-state index contributed by atoms with van der Waals surface area (Å²) in [5.41, 5.74) is 2.89. The van der Waals surface area contributed by atoms with E-state index in [4.69, 9.17) is 26.2 Å². The molecule has 4 aromatic rings. The van der Waals surface area contributed by atoms with Crippen LogP contribution in [0.1, 0.15) is 55.0 Å². The highest BCUT2D eigenvalue weighted by atomic mass is 35.5. The van der Waals surface area contributed by atoms with E-state index in [1.807, 2.05) is 60.0 Å². The van der Waals surface area contributed by atoms with E-state index in [2.05, 4.69) is 46.9 Å². The number of alkyl halides is 1. The number of rotatable bonds is 10. The average molecular weight is 574 g/mol. The van der Waals surface area contributed by atoms with Crippen molar-refractivity contribution in [2.45, 2.75) is 49.6 Å². The molecular formula is C32H32ClN3O3S. The van der Waals surface area contributed by atoms with E-state index in [1.165, 1.54) is 11.3 Å². The second kappa shape index (κ2) is 13.1. The number of carbonyl (C=O) groups excluding carboxylic acids is 1. The number of esters is 1. The second-order valence-corrected chi connectivity index (χ2v) is 11.1. The molecule has 1 fully saturated rings. The van der Waals surface area contributed by atoms with Crippen LogP contribution in [0.2, 0.25) is 0 Å². The Bertz CT molecular complexity index is 1310. The Labute approximate surface area is 244 Å². The summed E-state index contributed by atoms with van der Waals surface area (Å²) in [6.45, 7) is 1.99. The molecule has 5 rings (SSSR count). The number of carbonyl (C=O) groups is 1. The minimum atomic E-state index is -0.739. The van der Waals surface area contributed by atoms with E-state index in [9.17, 15) is 4.79 Å². The molecule has 1 heterocycles. The molecule has 0 saturated heterocycles. The maximum Gasteiger partial charge on any atom is 0.362 e. The highest BCUT2D eigenvalue weighted by Gasteiger charge is 2.37. The monoisotopic (exact) mass is 573 g/mol. The molecule has 0 unspecified atom stereocenters. The molecule has 3 aromatic carbocycles. The van der Waals surface area contributed by atoms with E-state index in [0.29, 0.717) is 10.8 Å². The van der Waals surface area contributed by atoms with Gasteiger partial charge in [0.15, 0.2) is 5.13 Å². The van der Waals surface area contributed by atoms with Gasteiger partial charge >= 0.3 is 5.97 Å². The minimum absolute atomic E-state index is 0.0591. The van der Waals surface area contributed by atoms with Gasteiger partial charge < -0.3 is 14.9 Å². The summed E-state index contributed by atoms with van der Waals surface area (Å²) in [7, 11) is 0. The van der Waals surface area contributed by atoms with Crippen LogP contribution in [0.3, 0.4) is 0 Å². The number of hydrogen-bond acceptors (Lipinski definition) is 7. The van der Waals surface area contributed by atoms with Crippen molar-refractivity contribution in [3.05, 3.63) is 119 Å². The fourth-order valence-corrected chi connectivity index (χ4v) is 6.03. The van der Waals surface area contributed by atoms with Gasteiger partial charge in [0.1, 0.15) is 17.3 Å². The standard InChI is InChI=1S/C32H32ClN3O3S/c1-2-38-30(37)29(36-39-27-20-18-26(33)19-21-27)28-22-40-31(34-28)35-32(23-12-6-3-7-13-23,24-14-8-4-9-15-24)25-16-10-5-11-17-25/h3-17,22,26-27H,2,18-21H2,1H3,(H,34,35). The molecule has 0 bridgehead atoms. The first-order valence-corrected chi connectivity index (χ1v) is 14.9. The number of ether oxygens (including phenoxy) is 1. The Morgan fingerprint density at radius 1 is 0.925 bits per heavy atom. The Kier molecular flexibility index (Phi) is 9.14. The summed E-state index contributed by atoms with van der Waals surface area (Å²) >= 11 is 7.64.